The average Bonchev–Trinajstić information content (AvgIpc) is 2.89. The summed E-state index contributed by atoms with van der Waals surface area (Å²) in [5.74, 6) is -0.925. The molecule has 0 aliphatic rings. The van der Waals surface area contributed by atoms with Gasteiger partial charge >= 0.3 is 5.97 Å². The molecule has 0 saturated heterocycles. The first kappa shape index (κ1) is 13.7. The Morgan fingerprint density at radius 1 is 1.32 bits per heavy atom. The first-order valence-corrected chi connectivity index (χ1v) is 6.67. The van der Waals surface area contributed by atoms with Gasteiger partial charge in [0.2, 0.25) is 0 Å². The van der Waals surface area contributed by atoms with Gasteiger partial charge in [0.1, 0.15) is 10.6 Å². The highest BCUT2D eigenvalue weighted by Gasteiger charge is 2.23. The Labute approximate surface area is 115 Å². The molecule has 1 heterocycles. The topological polar surface area (TPSA) is 59.4 Å². The standard InChI is InChI=1S/C14H15NO3S/c1-14(2,18-3)13-15-11(8-19-13)9-4-6-10(7-5-9)12(16)17/h4-8H,1-3H3,(H,16,17). The van der Waals surface area contributed by atoms with Crippen LogP contribution in [0.15, 0.2) is 29.6 Å². The molecule has 1 aromatic carbocycles. The zero-order chi connectivity index (χ0) is 14.0. The van der Waals surface area contributed by atoms with Crippen LogP contribution in [0, 0.1) is 0 Å². The molecule has 4 nitrogen and oxygen atoms in total. The lowest BCUT2D eigenvalue weighted by atomic mass is 10.1. The fourth-order valence-electron chi connectivity index (χ4n) is 1.55. The van der Waals surface area contributed by atoms with E-state index in [-0.39, 0.29) is 5.56 Å². The van der Waals surface area contributed by atoms with Crippen LogP contribution in [0.5, 0.6) is 0 Å². The maximum absolute atomic E-state index is 10.8. The van der Waals surface area contributed by atoms with Crippen LogP contribution in [0.3, 0.4) is 0 Å². The Morgan fingerprint density at radius 3 is 2.47 bits per heavy atom. The van der Waals surface area contributed by atoms with E-state index in [0.717, 1.165) is 16.3 Å². The molecule has 1 N–H and O–H groups in total. The van der Waals surface area contributed by atoms with E-state index < -0.39 is 11.6 Å². The van der Waals surface area contributed by atoms with Crippen LogP contribution in [0.2, 0.25) is 0 Å². The van der Waals surface area contributed by atoms with Gasteiger partial charge in [-0.05, 0) is 26.0 Å². The number of carboxylic acid groups (broad SMARTS) is 1. The minimum Gasteiger partial charge on any atom is -0.478 e. The number of hydrogen-bond acceptors (Lipinski definition) is 4. The summed E-state index contributed by atoms with van der Waals surface area (Å²) in [7, 11) is 1.66. The number of hydrogen-bond donors (Lipinski definition) is 1. The van der Waals surface area contributed by atoms with Gasteiger partial charge in [0.25, 0.3) is 0 Å². The second-order valence-corrected chi connectivity index (χ2v) is 5.49. The molecule has 0 bridgehead atoms. The highest BCUT2D eigenvalue weighted by atomic mass is 32.1. The number of carbonyl (C=O) groups is 1. The number of ether oxygens (including phenoxy) is 1. The van der Waals surface area contributed by atoms with E-state index >= 15 is 0 Å². The lowest BCUT2D eigenvalue weighted by Crippen LogP contribution is -2.18. The fourth-order valence-corrected chi connectivity index (χ4v) is 2.48. The number of benzene rings is 1. The highest BCUT2D eigenvalue weighted by molar-refractivity contribution is 7.10. The molecule has 19 heavy (non-hydrogen) atoms. The molecule has 1 aromatic heterocycles. The van der Waals surface area contributed by atoms with Gasteiger partial charge in [-0.2, -0.15) is 0 Å². The summed E-state index contributed by atoms with van der Waals surface area (Å²) in [5, 5.41) is 11.7. The van der Waals surface area contributed by atoms with Crippen LogP contribution >= 0.6 is 11.3 Å². The zero-order valence-electron chi connectivity index (χ0n) is 11.0. The first-order valence-electron chi connectivity index (χ1n) is 5.79. The van der Waals surface area contributed by atoms with Crippen molar-refractivity contribution in [3.05, 3.63) is 40.2 Å². The fraction of sp³-hybridized carbons (Fsp3) is 0.286. The zero-order valence-corrected chi connectivity index (χ0v) is 11.8. The summed E-state index contributed by atoms with van der Waals surface area (Å²) in [6.07, 6.45) is 0. The smallest absolute Gasteiger partial charge is 0.335 e. The third kappa shape index (κ3) is 2.83. The van der Waals surface area contributed by atoms with Gasteiger partial charge in [0.15, 0.2) is 0 Å². The molecule has 100 valence electrons. The van der Waals surface area contributed by atoms with E-state index in [9.17, 15) is 4.79 Å². The largest absolute Gasteiger partial charge is 0.478 e. The van der Waals surface area contributed by atoms with Crippen molar-refractivity contribution in [2.45, 2.75) is 19.4 Å². The number of aromatic carboxylic acids is 1. The van der Waals surface area contributed by atoms with Crippen molar-refractivity contribution in [2.75, 3.05) is 7.11 Å². The Bertz CT molecular complexity index is 587. The van der Waals surface area contributed by atoms with Crippen molar-refractivity contribution in [3.63, 3.8) is 0 Å². The second-order valence-electron chi connectivity index (χ2n) is 4.63. The van der Waals surface area contributed by atoms with E-state index in [2.05, 4.69) is 4.98 Å². The number of carboxylic acids is 1. The molecule has 0 radical (unpaired) electrons. The molecular weight excluding hydrogens is 262 g/mol. The molecule has 0 unspecified atom stereocenters. The SMILES string of the molecule is COC(C)(C)c1nc(-c2ccc(C(=O)O)cc2)cs1. The maximum atomic E-state index is 10.8. The lowest BCUT2D eigenvalue weighted by Gasteiger charge is -2.19. The van der Waals surface area contributed by atoms with E-state index in [1.165, 1.54) is 11.3 Å². The molecule has 0 aliphatic heterocycles. The van der Waals surface area contributed by atoms with Gasteiger partial charge in [0, 0.05) is 18.1 Å². The molecule has 0 saturated carbocycles. The predicted molar refractivity (Wildman–Crippen MR) is 74.5 cm³/mol. The average molecular weight is 277 g/mol. The predicted octanol–water partition coefficient (Wildman–Crippen LogP) is 3.39. The normalized spacial score (nSPS) is 11.5. The van der Waals surface area contributed by atoms with E-state index in [0.29, 0.717) is 0 Å². The Hall–Kier alpha value is -1.72. The second kappa shape index (κ2) is 5.11. The van der Waals surface area contributed by atoms with Crippen molar-refractivity contribution >= 4 is 17.3 Å². The lowest BCUT2D eigenvalue weighted by molar-refractivity contribution is 0.0191. The van der Waals surface area contributed by atoms with Crippen LogP contribution in [0.1, 0.15) is 29.2 Å². The number of aromatic nitrogens is 1. The first-order chi connectivity index (χ1) is 8.94. The van der Waals surface area contributed by atoms with E-state index in [1.807, 2.05) is 19.2 Å². The molecule has 0 atom stereocenters. The Kier molecular flexibility index (Phi) is 3.68. The summed E-state index contributed by atoms with van der Waals surface area (Å²) < 4.78 is 5.39. The third-order valence-corrected chi connectivity index (χ3v) is 4.10. The molecule has 5 heteroatoms. The van der Waals surface area contributed by atoms with Gasteiger partial charge in [0.05, 0.1) is 11.3 Å². The number of thiazole rings is 1. The van der Waals surface area contributed by atoms with Crippen molar-refractivity contribution in [2.24, 2.45) is 0 Å². The third-order valence-electron chi connectivity index (χ3n) is 2.96. The Balaban J connectivity index is 2.30. The van der Waals surface area contributed by atoms with Crippen molar-refractivity contribution < 1.29 is 14.6 Å². The molecule has 2 rings (SSSR count). The van der Waals surface area contributed by atoms with Gasteiger partial charge in [-0.3, -0.25) is 0 Å². The van der Waals surface area contributed by atoms with Gasteiger partial charge in [-0.1, -0.05) is 12.1 Å². The maximum Gasteiger partial charge on any atom is 0.335 e. The van der Waals surface area contributed by atoms with Gasteiger partial charge in [-0.25, -0.2) is 9.78 Å². The van der Waals surface area contributed by atoms with Crippen LogP contribution in [-0.2, 0) is 10.3 Å². The monoisotopic (exact) mass is 277 g/mol. The minimum absolute atomic E-state index is 0.274. The van der Waals surface area contributed by atoms with Crippen LogP contribution in [0.4, 0.5) is 0 Å². The molecule has 0 fully saturated rings. The van der Waals surface area contributed by atoms with Crippen molar-refractivity contribution in [1.82, 2.24) is 4.98 Å². The van der Waals surface area contributed by atoms with E-state index in [1.54, 1.807) is 31.4 Å². The summed E-state index contributed by atoms with van der Waals surface area (Å²) in [6.45, 7) is 3.92. The molecule has 0 aliphatic carbocycles. The molecular formula is C14H15NO3S. The number of nitrogens with zero attached hydrogens (tertiary/aromatic N) is 1. The molecule has 2 aromatic rings. The van der Waals surface area contributed by atoms with Crippen molar-refractivity contribution in [3.8, 4) is 11.3 Å². The quantitative estimate of drug-likeness (QED) is 0.930. The van der Waals surface area contributed by atoms with Crippen LogP contribution in [0.25, 0.3) is 11.3 Å². The molecule has 0 spiro atoms. The minimum atomic E-state index is -0.925. The summed E-state index contributed by atoms with van der Waals surface area (Å²) >= 11 is 1.53. The van der Waals surface area contributed by atoms with Gasteiger partial charge < -0.3 is 9.84 Å². The Morgan fingerprint density at radius 2 is 1.95 bits per heavy atom. The summed E-state index contributed by atoms with van der Waals surface area (Å²) in [5.41, 5.74) is 1.60. The summed E-state index contributed by atoms with van der Waals surface area (Å²) in [4.78, 5) is 15.3. The summed E-state index contributed by atoms with van der Waals surface area (Å²) in [6, 6.07) is 6.69. The molecule has 0 amide bonds. The number of methoxy groups -OCH3 is 1. The van der Waals surface area contributed by atoms with Crippen molar-refractivity contribution in [1.29, 1.82) is 0 Å². The highest BCUT2D eigenvalue weighted by Crippen LogP contribution is 2.30. The number of rotatable bonds is 4. The van der Waals surface area contributed by atoms with Crippen LogP contribution < -0.4 is 0 Å². The van der Waals surface area contributed by atoms with Crippen LogP contribution in [-0.4, -0.2) is 23.2 Å². The van der Waals surface area contributed by atoms with Gasteiger partial charge in [-0.15, -0.1) is 11.3 Å². The van der Waals surface area contributed by atoms with E-state index in [4.69, 9.17) is 9.84 Å².